The Morgan fingerprint density at radius 3 is 2.56 bits per heavy atom. The Hall–Kier alpha value is -1.37. The molecule has 0 radical (unpaired) electrons. The van der Waals surface area contributed by atoms with Crippen molar-refractivity contribution in [1.29, 1.82) is 0 Å². The van der Waals surface area contributed by atoms with Gasteiger partial charge in [0.25, 0.3) is 5.89 Å². The minimum atomic E-state index is -2.82. The average molecular weight is 293 g/mol. The molecule has 3 nitrogen and oxygen atoms in total. The van der Waals surface area contributed by atoms with Crippen LogP contribution in [0.1, 0.15) is 12.3 Å². The van der Waals surface area contributed by atoms with E-state index in [-0.39, 0.29) is 5.89 Å². The molecule has 16 heavy (non-hydrogen) atoms. The zero-order valence-corrected chi connectivity index (χ0v) is 9.21. The van der Waals surface area contributed by atoms with Crippen molar-refractivity contribution in [3.8, 4) is 11.5 Å². The first-order valence-corrected chi connectivity index (χ1v) is 4.94. The lowest BCUT2D eigenvalue weighted by Crippen LogP contribution is -1.82. The second-order valence-electron chi connectivity index (χ2n) is 2.87. The van der Waals surface area contributed by atoms with Crippen molar-refractivity contribution in [3.63, 3.8) is 0 Å². The summed E-state index contributed by atoms with van der Waals surface area (Å²) in [7, 11) is 0. The highest BCUT2D eigenvalue weighted by Crippen LogP contribution is 2.29. The van der Waals surface area contributed by atoms with E-state index in [9.17, 15) is 13.2 Å². The molecule has 1 aromatic heterocycles. The summed E-state index contributed by atoms with van der Waals surface area (Å²) in [6.45, 7) is 0. The zero-order valence-electron chi connectivity index (χ0n) is 7.62. The third-order valence-corrected chi connectivity index (χ3v) is 2.44. The van der Waals surface area contributed by atoms with Gasteiger partial charge in [-0.05, 0) is 34.1 Å². The van der Waals surface area contributed by atoms with E-state index >= 15 is 0 Å². The molecule has 0 spiro atoms. The maximum Gasteiger partial charge on any atom is 0.314 e. The largest absolute Gasteiger partial charge is 0.415 e. The maximum absolute atomic E-state index is 12.8. The Morgan fingerprint density at radius 2 is 2.00 bits per heavy atom. The van der Waals surface area contributed by atoms with Gasteiger partial charge in [0.2, 0.25) is 5.89 Å². The molecule has 0 N–H and O–H groups in total. The van der Waals surface area contributed by atoms with Gasteiger partial charge in [0, 0.05) is 4.47 Å². The van der Waals surface area contributed by atoms with E-state index in [1.54, 1.807) is 0 Å². The first-order valence-electron chi connectivity index (χ1n) is 4.15. The molecule has 0 aliphatic heterocycles. The van der Waals surface area contributed by atoms with E-state index in [0.29, 0.717) is 10.0 Å². The molecule has 0 aliphatic carbocycles. The van der Waals surface area contributed by atoms with Crippen LogP contribution in [0, 0.1) is 5.82 Å². The second-order valence-corrected chi connectivity index (χ2v) is 3.72. The molecule has 84 valence electrons. The van der Waals surface area contributed by atoms with Gasteiger partial charge in [0.05, 0.1) is 5.56 Å². The summed E-state index contributed by atoms with van der Waals surface area (Å²) < 4.78 is 42.3. The van der Waals surface area contributed by atoms with Crippen LogP contribution in [0.5, 0.6) is 0 Å². The van der Waals surface area contributed by atoms with Crippen LogP contribution in [0.25, 0.3) is 11.5 Å². The lowest BCUT2D eigenvalue weighted by Gasteiger charge is -1.98. The number of hydrogen-bond acceptors (Lipinski definition) is 3. The van der Waals surface area contributed by atoms with Crippen molar-refractivity contribution in [2.24, 2.45) is 0 Å². The van der Waals surface area contributed by atoms with Gasteiger partial charge < -0.3 is 4.42 Å². The standard InChI is InChI=1S/C9H4BrF3N2O/c10-6-3-4(11)1-2-5(6)8-14-15-9(16-8)7(12)13/h1-3,7H. The van der Waals surface area contributed by atoms with Gasteiger partial charge in [-0.15, -0.1) is 10.2 Å². The summed E-state index contributed by atoms with van der Waals surface area (Å²) in [5.41, 5.74) is 0.362. The number of benzene rings is 1. The summed E-state index contributed by atoms with van der Waals surface area (Å²) in [6, 6.07) is 3.72. The molecule has 2 rings (SSSR count). The fourth-order valence-electron chi connectivity index (χ4n) is 1.09. The molecule has 1 heterocycles. The molecule has 1 aromatic carbocycles. The van der Waals surface area contributed by atoms with Crippen LogP contribution in [-0.4, -0.2) is 10.2 Å². The number of aromatic nitrogens is 2. The fraction of sp³-hybridized carbons (Fsp3) is 0.111. The van der Waals surface area contributed by atoms with Crippen molar-refractivity contribution in [3.05, 3.63) is 34.4 Å². The molecule has 2 aromatic rings. The molecule has 0 aliphatic rings. The lowest BCUT2D eigenvalue weighted by atomic mass is 10.2. The molecule has 0 bridgehead atoms. The molecule has 0 amide bonds. The van der Waals surface area contributed by atoms with Crippen molar-refractivity contribution in [2.75, 3.05) is 0 Å². The van der Waals surface area contributed by atoms with E-state index in [1.807, 2.05) is 0 Å². The van der Waals surface area contributed by atoms with Crippen LogP contribution in [0.15, 0.2) is 27.1 Å². The Bertz CT molecular complexity index is 515. The van der Waals surface area contributed by atoms with E-state index in [2.05, 4.69) is 26.1 Å². The predicted octanol–water partition coefficient (Wildman–Crippen LogP) is 3.58. The normalized spacial score (nSPS) is 11.1. The van der Waals surface area contributed by atoms with Crippen molar-refractivity contribution in [1.82, 2.24) is 10.2 Å². The lowest BCUT2D eigenvalue weighted by molar-refractivity contribution is 0.116. The van der Waals surface area contributed by atoms with Gasteiger partial charge in [0.1, 0.15) is 5.82 Å². The number of hydrogen-bond donors (Lipinski definition) is 0. The Morgan fingerprint density at radius 1 is 1.25 bits per heavy atom. The molecule has 7 heteroatoms. The quantitative estimate of drug-likeness (QED) is 0.849. The van der Waals surface area contributed by atoms with Gasteiger partial charge >= 0.3 is 6.43 Å². The third-order valence-electron chi connectivity index (χ3n) is 1.79. The van der Waals surface area contributed by atoms with Crippen LogP contribution in [0.3, 0.4) is 0 Å². The molecule has 0 fully saturated rings. The highest BCUT2D eigenvalue weighted by molar-refractivity contribution is 9.10. The van der Waals surface area contributed by atoms with E-state index in [0.717, 1.165) is 0 Å². The number of alkyl halides is 2. The summed E-state index contributed by atoms with van der Waals surface area (Å²) in [4.78, 5) is 0. The highest BCUT2D eigenvalue weighted by Gasteiger charge is 2.18. The van der Waals surface area contributed by atoms with Crippen LogP contribution in [0.4, 0.5) is 13.2 Å². The monoisotopic (exact) mass is 292 g/mol. The summed E-state index contributed by atoms with van der Waals surface area (Å²) in [5, 5.41) is 6.62. The first kappa shape index (κ1) is 11.1. The van der Waals surface area contributed by atoms with Crippen molar-refractivity contribution < 1.29 is 17.6 Å². The summed E-state index contributed by atoms with van der Waals surface area (Å²) in [6.07, 6.45) is -2.82. The van der Waals surface area contributed by atoms with Crippen LogP contribution < -0.4 is 0 Å². The van der Waals surface area contributed by atoms with E-state index in [4.69, 9.17) is 4.42 Å². The average Bonchev–Trinajstić information content (AvgIpc) is 2.66. The van der Waals surface area contributed by atoms with E-state index < -0.39 is 18.1 Å². The fourth-order valence-corrected chi connectivity index (χ4v) is 1.61. The minimum absolute atomic E-state index is 0.0813. The Balaban J connectivity index is 2.42. The molecular formula is C9H4BrF3N2O. The SMILES string of the molecule is Fc1ccc(-c2nnc(C(F)F)o2)c(Br)c1. The van der Waals surface area contributed by atoms with Gasteiger partial charge in [-0.25, -0.2) is 4.39 Å². The van der Waals surface area contributed by atoms with Gasteiger partial charge in [0.15, 0.2) is 0 Å². The van der Waals surface area contributed by atoms with Gasteiger partial charge in [-0.1, -0.05) is 0 Å². The Labute approximate surface area is 96.4 Å². The number of nitrogens with zero attached hydrogens (tertiary/aromatic N) is 2. The maximum atomic E-state index is 12.8. The summed E-state index contributed by atoms with van der Waals surface area (Å²) in [5.74, 6) is -1.29. The van der Waals surface area contributed by atoms with Gasteiger partial charge in [-0.3, -0.25) is 0 Å². The topological polar surface area (TPSA) is 38.9 Å². The molecular weight excluding hydrogens is 289 g/mol. The smallest absolute Gasteiger partial charge is 0.314 e. The van der Waals surface area contributed by atoms with Crippen LogP contribution >= 0.6 is 15.9 Å². The number of rotatable bonds is 2. The molecule has 0 saturated carbocycles. The highest BCUT2D eigenvalue weighted by atomic mass is 79.9. The summed E-state index contributed by atoms with van der Waals surface area (Å²) >= 11 is 3.07. The molecule has 0 unspecified atom stereocenters. The van der Waals surface area contributed by atoms with Crippen molar-refractivity contribution >= 4 is 15.9 Å². The minimum Gasteiger partial charge on any atom is -0.415 e. The molecule has 0 atom stereocenters. The van der Waals surface area contributed by atoms with E-state index in [1.165, 1.54) is 18.2 Å². The van der Waals surface area contributed by atoms with Crippen LogP contribution in [0.2, 0.25) is 0 Å². The van der Waals surface area contributed by atoms with Crippen molar-refractivity contribution in [2.45, 2.75) is 6.43 Å². The number of halogens is 4. The first-order chi connectivity index (χ1) is 7.58. The molecule has 0 saturated heterocycles. The third kappa shape index (κ3) is 2.08. The second kappa shape index (κ2) is 4.25. The Kier molecular flexibility index (Phi) is 2.95. The van der Waals surface area contributed by atoms with Gasteiger partial charge in [-0.2, -0.15) is 8.78 Å². The van der Waals surface area contributed by atoms with Crippen LogP contribution in [-0.2, 0) is 0 Å². The zero-order chi connectivity index (χ0) is 11.7. The predicted molar refractivity (Wildman–Crippen MR) is 52.3 cm³/mol.